The molecule has 2 aromatic carbocycles. The van der Waals surface area contributed by atoms with E-state index in [2.05, 4.69) is 16.7 Å². The Kier molecular flexibility index (Phi) is 5.59. The molecule has 0 amide bonds. The van der Waals surface area contributed by atoms with Crippen molar-refractivity contribution in [3.8, 4) is 0 Å². The van der Waals surface area contributed by atoms with Gasteiger partial charge in [-0.05, 0) is 37.7 Å². The molecule has 1 N–H and O–H groups in total. The number of aromatic nitrogens is 2. The molecule has 0 fully saturated rings. The SMILES string of the molecule is CC(c1nc2cc(Cl)ccc2n1Cc1ccccc1)N(C)CCC(=O)O. The summed E-state index contributed by atoms with van der Waals surface area (Å²) in [7, 11) is 1.92. The van der Waals surface area contributed by atoms with Gasteiger partial charge in [0.25, 0.3) is 0 Å². The molecule has 0 aliphatic heterocycles. The first kappa shape index (κ1) is 18.4. The number of benzene rings is 2. The predicted octanol–water partition coefficient (Wildman–Crippen LogP) is 4.21. The first-order chi connectivity index (χ1) is 12.5. The van der Waals surface area contributed by atoms with Gasteiger partial charge in [-0.1, -0.05) is 41.9 Å². The smallest absolute Gasteiger partial charge is 0.304 e. The summed E-state index contributed by atoms with van der Waals surface area (Å²) in [6.07, 6.45) is 0.103. The molecule has 0 aliphatic rings. The highest BCUT2D eigenvalue weighted by Crippen LogP contribution is 2.27. The van der Waals surface area contributed by atoms with Gasteiger partial charge in [0.15, 0.2) is 0 Å². The number of imidazole rings is 1. The van der Waals surface area contributed by atoms with Crippen molar-refractivity contribution >= 4 is 28.6 Å². The second kappa shape index (κ2) is 7.89. The lowest BCUT2D eigenvalue weighted by atomic mass is 10.2. The lowest BCUT2D eigenvalue weighted by Gasteiger charge is -2.24. The number of aliphatic carboxylic acids is 1. The molecule has 1 heterocycles. The zero-order valence-electron chi connectivity index (χ0n) is 14.9. The number of rotatable bonds is 7. The van der Waals surface area contributed by atoms with Crippen LogP contribution in [0.15, 0.2) is 48.5 Å². The largest absolute Gasteiger partial charge is 0.481 e. The fourth-order valence-electron chi connectivity index (χ4n) is 3.04. The van der Waals surface area contributed by atoms with E-state index < -0.39 is 5.97 Å². The molecule has 0 saturated carbocycles. The molecule has 3 rings (SSSR count). The first-order valence-electron chi connectivity index (χ1n) is 8.57. The van der Waals surface area contributed by atoms with Crippen LogP contribution in [0.25, 0.3) is 11.0 Å². The zero-order chi connectivity index (χ0) is 18.7. The predicted molar refractivity (Wildman–Crippen MR) is 104 cm³/mol. The highest BCUT2D eigenvalue weighted by atomic mass is 35.5. The van der Waals surface area contributed by atoms with Crippen LogP contribution < -0.4 is 0 Å². The summed E-state index contributed by atoms with van der Waals surface area (Å²) in [6, 6.07) is 15.9. The van der Waals surface area contributed by atoms with Gasteiger partial charge in [0.1, 0.15) is 5.82 Å². The summed E-state index contributed by atoms with van der Waals surface area (Å²) in [5.41, 5.74) is 3.05. The van der Waals surface area contributed by atoms with E-state index in [1.54, 1.807) is 0 Å². The van der Waals surface area contributed by atoms with Gasteiger partial charge >= 0.3 is 5.97 Å². The minimum absolute atomic E-state index is 0.0239. The van der Waals surface area contributed by atoms with Gasteiger partial charge in [0.05, 0.1) is 23.5 Å². The second-order valence-corrected chi connectivity index (χ2v) is 6.91. The first-order valence-corrected chi connectivity index (χ1v) is 8.95. The van der Waals surface area contributed by atoms with Gasteiger partial charge in [0, 0.05) is 18.1 Å². The summed E-state index contributed by atoms with van der Waals surface area (Å²) >= 11 is 6.14. The van der Waals surface area contributed by atoms with Crippen LogP contribution in [0.3, 0.4) is 0 Å². The van der Waals surface area contributed by atoms with Crippen LogP contribution in [0.5, 0.6) is 0 Å². The van der Waals surface area contributed by atoms with Gasteiger partial charge in [-0.2, -0.15) is 0 Å². The van der Waals surface area contributed by atoms with Gasteiger partial charge in [-0.25, -0.2) is 4.98 Å². The Morgan fingerprint density at radius 1 is 1.27 bits per heavy atom. The van der Waals surface area contributed by atoms with Crippen LogP contribution in [-0.2, 0) is 11.3 Å². The normalized spacial score (nSPS) is 12.6. The average Bonchev–Trinajstić information content (AvgIpc) is 2.97. The third-order valence-electron chi connectivity index (χ3n) is 4.64. The molecule has 0 radical (unpaired) electrons. The summed E-state index contributed by atoms with van der Waals surface area (Å²) in [4.78, 5) is 17.7. The van der Waals surface area contributed by atoms with Gasteiger partial charge in [-0.3, -0.25) is 9.69 Å². The monoisotopic (exact) mass is 371 g/mol. The van der Waals surface area contributed by atoms with Crippen LogP contribution in [-0.4, -0.2) is 39.1 Å². The molecule has 5 nitrogen and oxygen atoms in total. The fraction of sp³-hybridized carbons (Fsp3) is 0.300. The Hall–Kier alpha value is -2.37. The summed E-state index contributed by atoms with van der Waals surface area (Å²) in [5.74, 6) is 0.104. The molecule has 6 heteroatoms. The number of halogens is 1. The fourth-order valence-corrected chi connectivity index (χ4v) is 3.20. The zero-order valence-corrected chi connectivity index (χ0v) is 15.6. The van der Waals surface area contributed by atoms with E-state index in [1.807, 2.05) is 55.3 Å². The maximum Gasteiger partial charge on any atom is 0.304 e. The minimum atomic E-state index is -0.798. The van der Waals surface area contributed by atoms with E-state index >= 15 is 0 Å². The molecule has 0 aliphatic carbocycles. The molecule has 1 unspecified atom stereocenters. The number of carbonyl (C=O) groups is 1. The topological polar surface area (TPSA) is 58.4 Å². The quantitative estimate of drug-likeness (QED) is 0.676. The highest BCUT2D eigenvalue weighted by molar-refractivity contribution is 6.31. The maximum atomic E-state index is 10.9. The Morgan fingerprint density at radius 3 is 2.69 bits per heavy atom. The van der Waals surface area contributed by atoms with Crippen molar-refractivity contribution < 1.29 is 9.90 Å². The van der Waals surface area contributed by atoms with Crippen molar-refractivity contribution in [3.63, 3.8) is 0 Å². The summed E-state index contributed by atoms with van der Waals surface area (Å²) in [5, 5.41) is 9.60. The standard InChI is InChI=1S/C20H22ClN3O2/c1-14(23(2)11-10-19(25)26)20-22-17-12-16(21)8-9-18(17)24(20)13-15-6-4-3-5-7-15/h3-9,12,14H,10-11,13H2,1-2H3,(H,25,26). The van der Waals surface area contributed by atoms with E-state index in [0.29, 0.717) is 18.1 Å². The Morgan fingerprint density at radius 2 is 2.00 bits per heavy atom. The molecule has 136 valence electrons. The molecule has 0 saturated heterocycles. The third-order valence-corrected chi connectivity index (χ3v) is 4.87. The van der Waals surface area contributed by atoms with Crippen molar-refractivity contribution in [1.29, 1.82) is 0 Å². The number of carboxylic acids is 1. The Labute approximate surface area is 157 Å². The summed E-state index contributed by atoms with van der Waals surface area (Å²) < 4.78 is 2.18. The number of fused-ring (bicyclic) bond motifs is 1. The molecule has 26 heavy (non-hydrogen) atoms. The van der Waals surface area contributed by atoms with Crippen LogP contribution in [0, 0.1) is 0 Å². The lowest BCUT2D eigenvalue weighted by Crippen LogP contribution is -2.27. The van der Waals surface area contributed by atoms with Crippen LogP contribution in [0.2, 0.25) is 5.02 Å². The van der Waals surface area contributed by atoms with Crippen LogP contribution in [0.1, 0.15) is 30.8 Å². The number of nitrogens with zero attached hydrogens (tertiary/aromatic N) is 3. The average molecular weight is 372 g/mol. The van der Waals surface area contributed by atoms with E-state index in [0.717, 1.165) is 16.9 Å². The number of carboxylic acid groups (broad SMARTS) is 1. The molecular formula is C20H22ClN3O2. The minimum Gasteiger partial charge on any atom is -0.481 e. The molecule has 0 spiro atoms. The van der Waals surface area contributed by atoms with Crippen molar-refractivity contribution in [2.24, 2.45) is 0 Å². The second-order valence-electron chi connectivity index (χ2n) is 6.48. The summed E-state index contributed by atoms with van der Waals surface area (Å²) in [6.45, 7) is 3.21. The molecule has 1 atom stereocenters. The van der Waals surface area contributed by atoms with Crippen molar-refractivity contribution in [2.75, 3.05) is 13.6 Å². The Bertz CT molecular complexity index is 908. The van der Waals surface area contributed by atoms with Crippen LogP contribution in [0.4, 0.5) is 0 Å². The lowest BCUT2D eigenvalue weighted by molar-refractivity contribution is -0.137. The van der Waals surface area contributed by atoms with Crippen molar-refractivity contribution in [1.82, 2.24) is 14.5 Å². The van der Waals surface area contributed by atoms with E-state index in [1.165, 1.54) is 5.56 Å². The number of hydrogen-bond donors (Lipinski definition) is 1. The highest BCUT2D eigenvalue weighted by Gasteiger charge is 2.21. The maximum absolute atomic E-state index is 10.9. The van der Waals surface area contributed by atoms with E-state index in [9.17, 15) is 4.79 Å². The van der Waals surface area contributed by atoms with Gasteiger partial charge in [0.2, 0.25) is 0 Å². The van der Waals surface area contributed by atoms with E-state index in [4.69, 9.17) is 21.7 Å². The van der Waals surface area contributed by atoms with Crippen molar-refractivity contribution in [2.45, 2.75) is 25.9 Å². The molecule has 0 bridgehead atoms. The van der Waals surface area contributed by atoms with E-state index in [-0.39, 0.29) is 12.5 Å². The van der Waals surface area contributed by atoms with Gasteiger partial charge < -0.3 is 9.67 Å². The van der Waals surface area contributed by atoms with Crippen molar-refractivity contribution in [3.05, 3.63) is 64.9 Å². The molecule has 1 aromatic heterocycles. The third kappa shape index (κ3) is 4.06. The molecular weight excluding hydrogens is 350 g/mol. The van der Waals surface area contributed by atoms with Crippen LogP contribution >= 0.6 is 11.6 Å². The Balaban J connectivity index is 1.99. The number of hydrogen-bond acceptors (Lipinski definition) is 3. The van der Waals surface area contributed by atoms with Gasteiger partial charge in [-0.15, -0.1) is 0 Å². The molecule has 3 aromatic rings.